The number of esters is 2. The average Bonchev–Trinajstić information content (AvgIpc) is 2.91. The molecule has 0 spiro atoms. The fraction of sp³-hybridized carbons (Fsp3) is 0.385. The molecule has 6 heteroatoms. The van der Waals surface area contributed by atoms with Gasteiger partial charge in [-0.15, -0.1) is 0 Å². The van der Waals surface area contributed by atoms with E-state index in [0.717, 1.165) is 0 Å². The number of carbonyl (C=O) groups excluding carboxylic acids is 2. The monoisotopic (exact) mass is 266 g/mol. The Morgan fingerprint density at radius 1 is 0.947 bits per heavy atom. The summed E-state index contributed by atoms with van der Waals surface area (Å²) in [5, 5.41) is 0. The molecule has 0 aliphatic carbocycles. The molecule has 0 amide bonds. The van der Waals surface area contributed by atoms with E-state index < -0.39 is 30.4 Å². The van der Waals surface area contributed by atoms with Crippen LogP contribution in [0.1, 0.15) is 11.9 Å². The second-order valence-corrected chi connectivity index (χ2v) is 3.90. The zero-order valence-corrected chi connectivity index (χ0v) is 10.6. The van der Waals surface area contributed by atoms with Gasteiger partial charge in [-0.2, -0.15) is 0 Å². The maximum Gasteiger partial charge on any atom is 0.338 e. The van der Waals surface area contributed by atoms with Gasteiger partial charge in [-0.1, -0.05) is 30.3 Å². The number of ether oxygens (including phenoxy) is 4. The Bertz CT molecular complexity index is 433. The number of carbonyl (C=O) groups is 2. The van der Waals surface area contributed by atoms with E-state index in [1.807, 2.05) is 6.07 Å². The number of benzene rings is 1. The molecule has 0 saturated carbocycles. The van der Waals surface area contributed by atoms with Crippen LogP contribution in [0.5, 0.6) is 0 Å². The minimum Gasteiger partial charge on any atom is -0.467 e. The van der Waals surface area contributed by atoms with Gasteiger partial charge in [-0.05, 0) is 0 Å². The summed E-state index contributed by atoms with van der Waals surface area (Å²) in [5.41, 5.74) is 0.711. The minimum absolute atomic E-state index is 0.672. The second kappa shape index (κ2) is 5.81. The van der Waals surface area contributed by atoms with Gasteiger partial charge in [0.15, 0.2) is 18.5 Å². The van der Waals surface area contributed by atoms with Gasteiger partial charge in [0.1, 0.15) is 0 Å². The Morgan fingerprint density at radius 3 is 1.84 bits per heavy atom. The van der Waals surface area contributed by atoms with Crippen molar-refractivity contribution in [1.82, 2.24) is 0 Å². The third-order valence-corrected chi connectivity index (χ3v) is 2.75. The van der Waals surface area contributed by atoms with Crippen molar-refractivity contribution >= 4 is 11.9 Å². The van der Waals surface area contributed by atoms with Crippen LogP contribution in [0.4, 0.5) is 0 Å². The topological polar surface area (TPSA) is 71.1 Å². The van der Waals surface area contributed by atoms with Crippen LogP contribution in [0.3, 0.4) is 0 Å². The van der Waals surface area contributed by atoms with Crippen LogP contribution in [0, 0.1) is 0 Å². The molecule has 6 nitrogen and oxygen atoms in total. The van der Waals surface area contributed by atoms with Crippen molar-refractivity contribution in [2.24, 2.45) is 0 Å². The van der Waals surface area contributed by atoms with E-state index in [1.54, 1.807) is 24.3 Å². The first-order chi connectivity index (χ1) is 9.17. The van der Waals surface area contributed by atoms with Crippen molar-refractivity contribution in [2.75, 3.05) is 14.2 Å². The number of hydrogen-bond donors (Lipinski definition) is 0. The van der Waals surface area contributed by atoms with Crippen molar-refractivity contribution in [3.8, 4) is 0 Å². The predicted octanol–water partition coefficient (Wildman–Crippen LogP) is 0.815. The molecule has 1 aromatic rings. The molecule has 1 aliphatic rings. The third-order valence-electron chi connectivity index (χ3n) is 2.75. The van der Waals surface area contributed by atoms with Crippen LogP contribution in [0.25, 0.3) is 0 Å². The van der Waals surface area contributed by atoms with Crippen LogP contribution in [-0.4, -0.2) is 38.4 Å². The molecule has 1 heterocycles. The van der Waals surface area contributed by atoms with Gasteiger partial charge in [-0.3, -0.25) is 0 Å². The van der Waals surface area contributed by atoms with Gasteiger partial charge in [0.2, 0.25) is 0 Å². The Hall–Kier alpha value is -1.92. The summed E-state index contributed by atoms with van der Waals surface area (Å²) in [6, 6.07) is 9.01. The Balaban J connectivity index is 2.20. The van der Waals surface area contributed by atoms with Crippen LogP contribution >= 0.6 is 0 Å². The molecule has 0 bridgehead atoms. The van der Waals surface area contributed by atoms with E-state index in [-0.39, 0.29) is 0 Å². The first-order valence-corrected chi connectivity index (χ1v) is 5.69. The van der Waals surface area contributed by atoms with Crippen LogP contribution in [0.15, 0.2) is 30.3 Å². The molecule has 3 atom stereocenters. The lowest BCUT2D eigenvalue weighted by Gasteiger charge is -2.11. The summed E-state index contributed by atoms with van der Waals surface area (Å²) in [5.74, 6) is -1.34. The van der Waals surface area contributed by atoms with Crippen molar-refractivity contribution in [2.45, 2.75) is 18.5 Å². The first-order valence-electron chi connectivity index (χ1n) is 5.69. The summed E-state index contributed by atoms with van der Waals surface area (Å²) >= 11 is 0. The summed E-state index contributed by atoms with van der Waals surface area (Å²) in [6.45, 7) is 0. The zero-order valence-electron chi connectivity index (χ0n) is 10.6. The van der Waals surface area contributed by atoms with E-state index in [1.165, 1.54) is 14.2 Å². The van der Waals surface area contributed by atoms with E-state index in [9.17, 15) is 9.59 Å². The summed E-state index contributed by atoms with van der Waals surface area (Å²) in [4.78, 5) is 23.2. The molecule has 1 aliphatic heterocycles. The molecule has 1 aromatic carbocycles. The SMILES string of the molecule is COC(=O)[C@H]1OC(c2ccccc2)O[C@H]1C(=O)OC. The Morgan fingerprint density at radius 2 is 1.42 bits per heavy atom. The highest BCUT2D eigenvalue weighted by atomic mass is 16.8. The van der Waals surface area contributed by atoms with Crippen molar-refractivity contribution in [3.05, 3.63) is 35.9 Å². The van der Waals surface area contributed by atoms with Gasteiger partial charge in [0.25, 0.3) is 0 Å². The Labute approximate surface area is 110 Å². The number of hydrogen-bond acceptors (Lipinski definition) is 6. The highest BCUT2D eigenvalue weighted by Gasteiger charge is 2.47. The fourth-order valence-electron chi connectivity index (χ4n) is 1.80. The lowest BCUT2D eigenvalue weighted by atomic mass is 10.2. The summed E-state index contributed by atoms with van der Waals surface area (Å²) in [7, 11) is 2.44. The number of rotatable bonds is 3. The first kappa shape index (κ1) is 13.5. The smallest absolute Gasteiger partial charge is 0.338 e. The van der Waals surface area contributed by atoms with Crippen LogP contribution < -0.4 is 0 Å². The quantitative estimate of drug-likeness (QED) is 0.754. The molecular formula is C13H14O6. The third kappa shape index (κ3) is 2.74. The summed E-state index contributed by atoms with van der Waals surface area (Å²) < 4.78 is 20.1. The molecule has 102 valence electrons. The van der Waals surface area contributed by atoms with Crippen molar-refractivity contribution in [1.29, 1.82) is 0 Å². The van der Waals surface area contributed by atoms with Crippen molar-refractivity contribution in [3.63, 3.8) is 0 Å². The van der Waals surface area contributed by atoms with Gasteiger partial charge in [0.05, 0.1) is 14.2 Å². The van der Waals surface area contributed by atoms with E-state index in [2.05, 4.69) is 9.47 Å². The van der Waals surface area contributed by atoms with Crippen LogP contribution in [0.2, 0.25) is 0 Å². The zero-order chi connectivity index (χ0) is 13.8. The van der Waals surface area contributed by atoms with Gasteiger partial charge < -0.3 is 18.9 Å². The molecule has 0 N–H and O–H groups in total. The standard InChI is InChI=1S/C13H14O6/c1-16-11(14)9-10(12(15)17-2)19-13(18-9)8-6-4-3-5-7-8/h3-7,9-10,13H,1-2H3/t9-,10+,13?. The number of methoxy groups -OCH3 is 2. The Kier molecular flexibility index (Phi) is 4.13. The molecule has 0 radical (unpaired) electrons. The predicted molar refractivity (Wildman–Crippen MR) is 63.0 cm³/mol. The van der Waals surface area contributed by atoms with Crippen molar-refractivity contribution < 1.29 is 28.5 Å². The van der Waals surface area contributed by atoms with Gasteiger partial charge >= 0.3 is 11.9 Å². The molecule has 1 saturated heterocycles. The lowest BCUT2D eigenvalue weighted by Crippen LogP contribution is -2.38. The minimum atomic E-state index is -1.12. The second-order valence-electron chi connectivity index (χ2n) is 3.90. The molecule has 0 aromatic heterocycles. The molecule has 1 fully saturated rings. The van der Waals surface area contributed by atoms with E-state index in [0.29, 0.717) is 5.56 Å². The highest BCUT2D eigenvalue weighted by molar-refractivity contribution is 5.86. The average molecular weight is 266 g/mol. The maximum atomic E-state index is 11.6. The molecular weight excluding hydrogens is 252 g/mol. The van der Waals surface area contributed by atoms with Crippen LogP contribution in [-0.2, 0) is 28.5 Å². The molecule has 2 rings (SSSR count). The lowest BCUT2D eigenvalue weighted by molar-refractivity contribution is -0.160. The van der Waals surface area contributed by atoms with Gasteiger partial charge in [0, 0.05) is 5.56 Å². The van der Waals surface area contributed by atoms with E-state index in [4.69, 9.17) is 9.47 Å². The summed E-state index contributed by atoms with van der Waals surface area (Å²) in [6.07, 6.45) is -3.04. The van der Waals surface area contributed by atoms with E-state index >= 15 is 0 Å². The normalized spacial score (nSPS) is 25.9. The molecule has 19 heavy (non-hydrogen) atoms. The molecule has 1 unspecified atom stereocenters. The largest absolute Gasteiger partial charge is 0.467 e. The highest BCUT2D eigenvalue weighted by Crippen LogP contribution is 2.32. The maximum absolute atomic E-state index is 11.6. The fourth-order valence-corrected chi connectivity index (χ4v) is 1.80. The van der Waals surface area contributed by atoms with Gasteiger partial charge in [-0.25, -0.2) is 9.59 Å².